The van der Waals surface area contributed by atoms with Gasteiger partial charge in [0.25, 0.3) is 0 Å². The summed E-state index contributed by atoms with van der Waals surface area (Å²) in [5.41, 5.74) is 1.50. The first kappa shape index (κ1) is 24.0. The van der Waals surface area contributed by atoms with E-state index in [1.165, 1.54) is 4.90 Å². The van der Waals surface area contributed by atoms with E-state index in [4.69, 9.17) is 11.7 Å². The number of likely N-dealkylation sites (tertiary alicyclic amines) is 1. The van der Waals surface area contributed by atoms with Gasteiger partial charge >= 0.3 is 6.03 Å². The number of carbonyl (C=O) groups is 3. The number of rotatable bonds is 2. The highest BCUT2D eigenvalue weighted by molar-refractivity contribution is 6.17. The minimum Gasteiger partial charge on any atom is -0.324 e. The van der Waals surface area contributed by atoms with Crippen molar-refractivity contribution in [2.24, 2.45) is 17.3 Å². The molecule has 0 bridgehead atoms. The van der Waals surface area contributed by atoms with Gasteiger partial charge in [-0.25, -0.2) is 4.79 Å². The lowest BCUT2D eigenvalue weighted by atomic mass is 9.64. The zero-order chi connectivity index (χ0) is 25.2. The van der Waals surface area contributed by atoms with Crippen LogP contribution < -0.4 is 10.2 Å². The number of carbonyl (C=O) groups excluding carboxylic acids is 3. The Morgan fingerprint density at radius 2 is 1.77 bits per heavy atom. The second-order valence-electron chi connectivity index (χ2n) is 9.46. The maximum absolute atomic E-state index is 14.0. The highest BCUT2D eigenvalue weighted by atomic mass is 16.2. The van der Waals surface area contributed by atoms with Crippen molar-refractivity contribution in [2.75, 3.05) is 23.3 Å². The summed E-state index contributed by atoms with van der Waals surface area (Å²) in [6.07, 6.45) is 6.65. The van der Waals surface area contributed by atoms with Gasteiger partial charge in [-0.15, -0.1) is 6.42 Å². The summed E-state index contributed by atoms with van der Waals surface area (Å²) in [6.45, 7) is 4.86. The second-order valence-corrected chi connectivity index (χ2v) is 9.46. The van der Waals surface area contributed by atoms with Crippen molar-refractivity contribution in [3.8, 4) is 18.4 Å². The molecular weight excluding hydrogens is 440 g/mol. The third-order valence-corrected chi connectivity index (χ3v) is 7.58. The van der Waals surface area contributed by atoms with Crippen LogP contribution in [0.5, 0.6) is 0 Å². The summed E-state index contributed by atoms with van der Waals surface area (Å²) < 4.78 is 0. The van der Waals surface area contributed by atoms with E-state index in [0.29, 0.717) is 48.4 Å². The number of imide groups is 1. The standard InChI is InChI=1S/C28H28N4O3/c1-4-21-6-5-7-23(17-21)30-27(35)31-14-12-28(13-15-31)20(3)19(2)16-25(33)32(26(28)34)24-10-8-22(18-29)9-11-24/h1,5-11,17,19-20H,12-16H2,2-3H3,(H,30,35)/t19?,20-/m0/s1. The smallest absolute Gasteiger partial charge is 0.321 e. The zero-order valence-electron chi connectivity index (χ0n) is 20.0. The van der Waals surface area contributed by atoms with Gasteiger partial charge in [0.1, 0.15) is 0 Å². The highest BCUT2D eigenvalue weighted by Gasteiger charge is 2.53. The number of hydrogen-bond acceptors (Lipinski definition) is 4. The molecule has 2 aliphatic heterocycles. The predicted octanol–water partition coefficient (Wildman–Crippen LogP) is 4.39. The van der Waals surface area contributed by atoms with Gasteiger partial charge in [-0.1, -0.05) is 25.8 Å². The number of urea groups is 1. The average Bonchev–Trinajstić information content (AvgIpc) is 2.94. The fourth-order valence-electron chi connectivity index (χ4n) is 5.23. The molecule has 178 valence electrons. The van der Waals surface area contributed by atoms with E-state index in [9.17, 15) is 14.4 Å². The Kier molecular flexibility index (Phi) is 6.62. The number of amides is 4. The number of nitrogens with one attached hydrogen (secondary N) is 1. The third-order valence-electron chi connectivity index (χ3n) is 7.58. The van der Waals surface area contributed by atoms with E-state index in [1.54, 1.807) is 53.4 Å². The maximum Gasteiger partial charge on any atom is 0.321 e. The van der Waals surface area contributed by atoms with Crippen LogP contribution in [-0.4, -0.2) is 35.8 Å². The van der Waals surface area contributed by atoms with E-state index in [2.05, 4.69) is 17.3 Å². The van der Waals surface area contributed by atoms with E-state index < -0.39 is 5.41 Å². The molecule has 2 heterocycles. The van der Waals surface area contributed by atoms with Crippen LogP contribution in [0, 0.1) is 40.9 Å². The van der Waals surface area contributed by atoms with Crippen LogP contribution in [-0.2, 0) is 9.59 Å². The molecule has 2 aromatic carbocycles. The first-order valence-corrected chi connectivity index (χ1v) is 11.8. The van der Waals surface area contributed by atoms with Crippen molar-refractivity contribution in [1.29, 1.82) is 5.26 Å². The van der Waals surface area contributed by atoms with Gasteiger partial charge in [-0.3, -0.25) is 14.5 Å². The van der Waals surface area contributed by atoms with Crippen molar-refractivity contribution in [1.82, 2.24) is 4.90 Å². The van der Waals surface area contributed by atoms with Gasteiger partial charge in [0.15, 0.2) is 0 Å². The Morgan fingerprint density at radius 3 is 2.40 bits per heavy atom. The fraction of sp³-hybridized carbons (Fsp3) is 0.357. The number of hydrogen-bond donors (Lipinski definition) is 1. The van der Waals surface area contributed by atoms with Gasteiger partial charge in [-0.2, -0.15) is 5.26 Å². The van der Waals surface area contributed by atoms with Crippen molar-refractivity contribution in [2.45, 2.75) is 33.1 Å². The molecule has 0 radical (unpaired) electrons. The first-order valence-electron chi connectivity index (χ1n) is 11.8. The number of benzene rings is 2. The topological polar surface area (TPSA) is 93.5 Å². The monoisotopic (exact) mass is 468 g/mol. The van der Waals surface area contributed by atoms with E-state index in [-0.39, 0.29) is 36.1 Å². The molecule has 1 N–H and O–H groups in total. The Labute approximate surface area is 205 Å². The van der Waals surface area contributed by atoms with Crippen molar-refractivity contribution < 1.29 is 14.4 Å². The molecule has 2 saturated heterocycles. The van der Waals surface area contributed by atoms with Crippen LogP contribution in [0.2, 0.25) is 0 Å². The van der Waals surface area contributed by atoms with Crippen LogP contribution in [0.15, 0.2) is 48.5 Å². The Balaban J connectivity index is 1.55. The van der Waals surface area contributed by atoms with Crippen molar-refractivity contribution in [3.63, 3.8) is 0 Å². The molecule has 4 rings (SSSR count). The van der Waals surface area contributed by atoms with Gasteiger partial charge in [0.05, 0.1) is 22.7 Å². The predicted molar refractivity (Wildman–Crippen MR) is 133 cm³/mol. The zero-order valence-corrected chi connectivity index (χ0v) is 20.0. The number of piperidine rings is 1. The van der Waals surface area contributed by atoms with Gasteiger partial charge in [-0.05, 0) is 67.1 Å². The minimum atomic E-state index is -0.750. The quantitative estimate of drug-likeness (QED) is 0.523. The molecule has 7 nitrogen and oxygen atoms in total. The van der Waals surface area contributed by atoms with E-state index in [0.717, 1.165) is 0 Å². The van der Waals surface area contributed by atoms with Crippen LogP contribution >= 0.6 is 0 Å². The fourth-order valence-corrected chi connectivity index (χ4v) is 5.23. The van der Waals surface area contributed by atoms with Crippen LogP contribution in [0.3, 0.4) is 0 Å². The molecule has 1 unspecified atom stereocenters. The number of terminal acetylenes is 1. The summed E-state index contributed by atoms with van der Waals surface area (Å²) in [5, 5.41) is 12.0. The lowest BCUT2D eigenvalue weighted by molar-refractivity contribution is -0.136. The number of nitrogens with zero attached hydrogens (tertiary/aromatic N) is 3. The Morgan fingerprint density at radius 1 is 1.09 bits per heavy atom. The summed E-state index contributed by atoms with van der Waals surface area (Å²) in [5.74, 6) is 2.09. The number of nitriles is 1. The molecular formula is C28H28N4O3. The Bertz CT molecular complexity index is 1230. The molecule has 35 heavy (non-hydrogen) atoms. The molecule has 1 spiro atoms. The van der Waals surface area contributed by atoms with Crippen molar-refractivity contribution >= 4 is 29.2 Å². The molecule has 0 saturated carbocycles. The molecule has 4 amide bonds. The molecule has 2 atom stereocenters. The van der Waals surface area contributed by atoms with Gasteiger partial charge in [0.2, 0.25) is 11.8 Å². The van der Waals surface area contributed by atoms with E-state index in [1.807, 2.05) is 13.8 Å². The lowest BCUT2D eigenvalue weighted by Gasteiger charge is -2.45. The average molecular weight is 469 g/mol. The second kappa shape index (κ2) is 9.64. The minimum absolute atomic E-state index is 0.0155. The molecule has 0 aromatic heterocycles. The van der Waals surface area contributed by atoms with Crippen molar-refractivity contribution in [3.05, 3.63) is 59.7 Å². The first-order chi connectivity index (χ1) is 16.8. The SMILES string of the molecule is C#Cc1cccc(NC(=O)N2CCC3(CC2)C(=O)N(c2ccc(C#N)cc2)C(=O)CC(C)[C@@H]3C)c1. The molecule has 2 aliphatic rings. The number of anilines is 2. The third kappa shape index (κ3) is 4.50. The highest BCUT2D eigenvalue weighted by Crippen LogP contribution is 2.47. The van der Waals surface area contributed by atoms with Crippen LogP contribution in [0.1, 0.15) is 44.2 Å². The Hall–Kier alpha value is -4.10. The summed E-state index contributed by atoms with van der Waals surface area (Å²) in [7, 11) is 0. The normalized spacial score (nSPS) is 21.7. The van der Waals surface area contributed by atoms with Crippen LogP contribution in [0.4, 0.5) is 16.2 Å². The van der Waals surface area contributed by atoms with Gasteiger partial charge < -0.3 is 10.2 Å². The van der Waals surface area contributed by atoms with Gasteiger partial charge in [0, 0.05) is 30.8 Å². The lowest BCUT2D eigenvalue weighted by Crippen LogP contribution is -2.54. The molecule has 0 aliphatic carbocycles. The summed E-state index contributed by atoms with van der Waals surface area (Å²) in [6, 6.07) is 15.4. The van der Waals surface area contributed by atoms with E-state index >= 15 is 0 Å². The summed E-state index contributed by atoms with van der Waals surface area (Å²) >= 11 is 0. The summed E-state index contributed by atoms with van der Waals surface area (Å²) in [4.78, 5) is 43.0. The van der Waals surface area contributed by atoms with Crippen LogP contribution in [0.25, 0.3) is 0 Å². The molecule has 2 aromatic rings. The molecule has 2 fully saturated rings. The molecule has 7 heteroatoms. The largest absolute Gasteiger partial charge is 0.324 e. The maximum atomic E-state index is 14.0.